The van der Waals surface area contributed by atoms with Gasteiger partial charge in [-0.3, -0.25) is 14.4 Å². The fraction of sp³-hybridized carbons (Fsp3) is 0.640. The van der Waals surface area contributed by atoms with E-state index < -0.39 is 12.1 Å². The molecular formula is C25H32N2O4. The maximum Gasteiger partial charge on any atom is 0.326 e. The maximum atomic E-state index is 12.8. The number of esters is 1. The molecule has 4 aliphatic carbocycles. The molecular weight excluding hydrogens is 392 g/mol. The number of ether oxygens (including phenoxy) is 1. The van der Waals surface area contributed by atoms with Crippen LogP contribution in [0.1, 0.15) is 57.4 Å². The summed E-state index contributed by atoms with van der Waals surface area (Å²) in [5.41, 5.74) is 2.17. The van der Waals surface area contributed by atoms with E-state index in [0.717, 1.165) is 35.4 Å². The number of anilines is 1. The molecule has 6 heteroatoms. The van der Waals surface area contributed by atoms with Gasteiger partial charge in [-0.25, -0.2) is 0 Å². The summed E-state index contributed by atoms with van der Waals surface area (Å²) < 4.78 is 5.34. The SMILES string of the molecule is C[C@H](OC(=O)CNC(=O)CC12CC3CC(CC(C3)C1)C2)C(=O)N1CCc2ccccc21. The molecule has 1 atom stereocenters. The summed E-state index contributed by atoms with van der Waals surface area (Å²) in [7, 11) is 0. The number of para-hydroxylation sites is 1. The van der Waals surface area contributed by atoms with Gasteiger partial charge in [-0.2, -0.15) is 0 Å². The molecule has 166 valence electrons. The van der Waals surface area contributed by atoms with E-state index in [-0.39, 0.29) is 23.8 Å². The zero-order valence-electron chi connectivity index (χ0n) is 18.3. The molecule has 5 aliphatic rings. The lowest BCUT2D eigenvalue weighted by Crippen LogP contribution is -2.48. The van der Waals surface area contributed by atoms with E-state index in [4.69, 9.17) is 4.74 Å². The number of carbonyl (C=O) groups excluding carboxylic acids is 3. The summed E-state index contributed by atoms with van der Waals surface area (Å²) in [5, 5.41) is 2.75. The fourth-order valence-electron chi connectivity index (χ4n) is 7.16. The van der Waals surface area contributed by atoms with Gasteiger partial charge < -0.3 is 15.0 Å². The van der Waals surface area contributed by atoms with Crippen LogP contribution < -0.4 is 10.2 Å². The molecule has 4 fully saturated rings. The molecule has 0 unspecified atom stereocenters. The molecule has 1 heterocycles. The molecule has 4 bridgehead atoms. The third kappa shape index (κ3) is 4.09. The Morgan fingerprint density at radius 1 is 1.10 bits per heavy atom. The first-order valence-electron chi connectivity index (χ1n) is 11.8. The Morgan fingerprint density at radius 3 is 2.42 bits per heavy atom. The predicted octanol–water partition coefficient (Wildman–Crippen LogP) is 3.23. The number of hydrogen-bond donors (Lipinski definition) is 1. The molecule has 4 saturated carbocycles. The van der Waals surface area contributed by atoms with Crippen LogP contribution in [0.5, 0.6) is 0 Å². The third-order valence-corrected chi connectivity index (χ3v) is 7.94. The molecule has 2 amide bonds. The Balaban J connectivity index is 1.09. The van der Waals surface area contributed by atoms with Crippen molar-refractivity contribution < 1.29 is 19.1 Å². The Hall–Kier alpha value is -2.37. The van der Waals surface area contributed by atoms with Gasteiger partial charge in [-0.15, -0.1) is 0 Å². The van der Waals surface area contributed by atoms with E-state index in [9.17, 15) is 14.4 Å². The molecule has 6 nitrogen and oxygen atoms in total. The highest BCUT2D eigenvalue weighted by atomic mass is 16.5. The first-order valence-corrected chi connectivity index (χ1v) is 11.8. The summed E-state index contributed by atoms with van der Waals surface area (Å²) in [6.07, 6.45) is 7.99. The van der Waals surface area contributed by atoms with Gasteiger partial charge in [0.1, 0.15) is 6.54 Å². The van der Waals surface area contributed by atoms with Crippen molar-refractivity contribution in [2.45, 2.75) is 64.4 Å². The van der Waals surface area contributed by atoms with Crippen LogP contribution in [0.3, 0.4) is 0 Å². The van der Waals surface area contributed by atoms with Crippen LogP contribution in [-0.2, 0) is 25.5 Å². The van der Waals surface area contributed by atoms with Crippen molar-refractivity contribution in [3.05, 3.63) is 29.8 Å². The quantitative estimate of drug-likeness (QED) is 0.712. The van der Waals surface area contributed by atoms with Crippen LogP contribution in [0.4, 0.5) is 5.69 Å². The van der Waals surface area contributed by atoms with Gasteiger partial charge >= 0.3 is 5.97 Å². The lowest BCUT2D eigenvalue weighted by atomic mass is 9.49. The number of rotatable bonds is 6. The van der Waals surface area contributed by atoms with Crippen molar-refractivity contribution in [2.24, 2.45) is 23.2 Å². The second kappa shape index (κ2) is 7.95. The number of fused-ring (bicyclic) bond motifs is 1. The lowest BCUT2D eigenvalue weighted by Gasteiger charge is -2.56. The van der Waals surface area contributed by atoms with E-state index in [1.54, 1.807) is 11.8 Å². The second-order valence-corrected chi connectivity index (χ2v) is 10.4. The maximum absolute atomic E-state index is 12.8. The van der Waals surface area contributed by atoms with Gasteiger partial charge in [0.25, 0.3) is 5.91 Å². The van der Waals surface area contributed by atoms with E-state index in [1.807, 2.05) is 24.3 Å². The first kappa shape index (κ1) is 20.5. The van der Waals surface area contributed by atoms with Gasteiger partial charge in [0, 0.05) is 18.7 Å². The molecule has 6 rings (SSSR count). The molecule has 1 aromatic rings. The highest BCUT2D eigenvalue weighted by Gasteiger charge is 2.51. The van der Waals surface area contributed by atoms with E-state index in [0.29, 0.717) is 13.0 Å². The van der Waals surface area contributed by atoms with E-state index in [1.165, 1.54) is 38.5 Å². The normalized spacial score (nSPS) is 31.3. The Labute approximate surface area is 183 Å². The minimum atomic E-state index is -0.876. The van der Waals surface area contributed by atoms with Crippen LogP contribution in [0.2, 0.25) is 0 Å². The summed E-state index contributed by atoms with van der Waals surface area (Å²) in [6.45, 7) is 2.01. The highest BCUT2D eigenvalue weighted by molar-refractivity contribution is 5.99. The Bertz CT molecular complexity index is 860. The molecule has 0 spiro atoms. The lowest BCUT2D eigenvalue weighted by molar-refractivity contribution is -0.153. The first-order chi connectivity index (χ1) is 14.9. The number of benzene rings is 1. The van der Waals surface area contributed by atoms with Crippen molar-refractivity contribution in [1.29, 1.82) is 0 Å². The number of nitrogens with zero attached hydrogens (tertiary/aromatic N) is 1. The van der Waals surface area contributed by atoms with Gasteiger partial charge in [0.15, 0.2) is 6.10 Å². The Kier molecular flexibility index (Phi) is 5.27. The molecule has 1 aliphatic heterocycles. The minimum Gasteiger partial charge on any atom is -0.451 e. The van der Waals surface area contributed by atoms with Gasteiger partial charge in [0.05, 0.1) is 0 Å². The van der Waals surface area contributed by atoms with Gasteiger partial charge in [-0.1, -0.05) is 18.2 Å². The smallest absolute Gasteiger partial charge is 0.326 e. The minimum absolute atomic E-state index is 0.0636. The van der Waals surface area contributed by atoms with Crippen LogP contribution in [0.15, 0.2) is 24.3 Å². The summed E-state index contributed by atoms with van der Waals surface area (Å²) in [5.74, 6) is 1.54. The summed E-state index contributed by atoms with van der Waals surface area (Å²) >= 11 is 0. The number of carbonyl (C=O) groups is 3. The van der Waals surface area contributed by atoms with Crippen molar-refractivity contribution >= 4 is 23.5 Å². The molecule has 1 aromatic carbocycles. The third-order valence-electron chi connectivity index (χ3n) is 7.94. The van der Waals surface area contributed by atoms with Crippen molar-refractivity contribution in [3.63, 3.8) is 0 Å². The number of nitrogens with one attached hydrogen (secondary N) is 1. The zero-order valence-corrected chi connectivity index (χ0v) is 18.3. The Morgan fingerprint density at radius 2 is 1.74 bits per heavy atom. The molecule has 31 heavy (non-hydrogen) atoms. The molecule has 0 saturated heterocycles. The predicted molar refractivity (Wildman–Crippen MR) is 116 cm³/mol. The molecule has 1 N–H and O–H groups in total. The topological polar surface area (TPSA) is 75.7 Å². The number of amides is 2. The van der Waals surface area contributed by atoms with Gasteiger partial charge in [-0.05, 0) is 86.7 Å². The average Bonchev–Trinajstić information content (AvgIpc) is 3.14. The van der Waals surface area contributed by atoms with E-state index >= 15 is 0 Å². The van der Waals surface area contributed by atoms with Gasteiger partial charge in [0.2, 0.25) is 5.91 Å². The van der Waals surface area contributed by atoms with Crippen LogP contribution in [-0.4, -0.2) is 37.0 Å². The standard InChI is InChI=1S/C25H32N2O4/c1-16(24(30)27-7-6-20-4-2-3-5-21(20)27)31-23(29)15-26-22(28)14-25-11-17-8-18(12-25)10-19(9-17)13-25/h2-5,16-19H,6-15H2,1H3,(H,26,28)/t16-,17?,18?,19?,25?/m0/s1. The molecule has 0 radical (unpaired) electrons. The monoisotopic (exact) mass is 424 g/mol. The fourth-order valence-corrected chi connectivity index (χ4v) is 7.16. The number of hydrogen-bond acceptors (Lipinski definition) is 4. The van der Waals surface area contributed by atoms with Crippen LogP contribution >= 0.6 is 0 Å². The molecule has 0 aromatic heterocycles. The summed E-state index contributed by atoms with van der Waals surface area (Å²) in [6, 6.07) is 7.79. The van der Waals surface area contributed by atoms with Crippen LogP contribution in [0, 0.1) is 23.2 Å². The van der Waals surface area contributed by atoms with E-state index in [2.05, 4.69) is 5.32 Å². The van der Waals surface area contributed by atoms with Crippen molar-refractivity contribution in [2.75, 3.05) is 18.0 Å². The average molecular weight is 425 g/mol. The van der Waals surface area contributed by atoms with Crippen molar-refractivity contribution in [3.8, 4) is 0 Å². The second-order valence-electron chi connectivity index (χ2n) is 10.4. The highest BCUT2D eigenvalue weighted by Crippen LogP contribution is 2.61. The van der Waals surface area contributed by atoms with Crippen molar-refractivity contribution in [1.82, 2.24) is 5.32 Å². The summed E-state index contributed by atoms with van der Waals surface area (Å²) in [4.78, 5) is 39.3. The largest absolute Gasteiger partial charge is 0.451 e. The zero-order chi connectivity index (χ0) is 21.6. The van der Waals surface area contributed by atoms with Crippen LogP contribution in [0.25, 0.3) is 0 Å².